The van der Waals surface area contributed by atoms with Gasteiger partial charge in [0.2, 0.25) is 5.91 Å². The second-order valence-corrected chi connectivity index (χ2v) is 8.37. The van der Waals surface area contributed by atoms with E-state index in [9.17, 15) is 9.59 Å². The molecule has 0 spiro atoms. The number of hydrogen-bond acceptors (Lipinski definition) is 5. The third kappa shape index (κ3) is 5.85. The fraction of sp³-hybridized carbons (Fsp3) is 0.273. The van der Waals surface area contributed by atoms with Crippen LogP contribution in [0, 0.1) is 0 Å². The number of carbonyl (C=O) groups is 2. The van der Waals surface area contributed by atoms with Crippen molar-refractivity contribution in [2.45, 2.75) is 13.0 Å². The predicted octanol–water partition coefficient (Wildman–Crippen LogP) is 2.71. The molecular formula is C22H24N6O2S. The van der Waals surface area contributed by atoms with Crippen LogP contribution in [0.3, 0.4) is 0 Å². The Morgan fingerprint density at radius 2 is 1.81 bits per heavy atom. The van der Waals surface area contributed by atoms with Crippen LogP contribution in [-0.4, -0.2) is 56.2 Å². The smallest absolute Gasteiger partial charge is 0.319 e. The van der Waals surface area contributed by atoms with E-state index in [0.29, 0.717) is 18.7 Å². The summed E-state index contributed by atoms with van der Waals surface area (Å²) >= 11 is 1.89. The molecule has 160 valence electrons. The van der Waals surface area contributed by atoms with Crippen molar-refractivity contribution >= 4 is 29.4 Å². The molecule has 1 saturated heterocycles. The largest absolute Gasteiger partial charge is 0.341 e. The number of nitrogens with one attached hydrogen (secondary N) is 2. The lowest BCUT2D eigenvalue weighted by Crippen LogP contribution is -2.38. The number of hydrogen-bond donors (Lipinski definition) is 2. The van der Waals surface area contributed by atoms with Crippen LogP contribution in [0.5, 0.6) is 0 Å². The van der Waals surface area contributed by atoms with Gasteiger partial charge in [-0.1, -0.05) is 18.2 Å². The lowest BCUT2D eigenvalue weighted by molar-refractivity contribution is -0.130. The minimum Gasteiger partial charge on any atom is -0.341 e. The van der Waals surface area contributed by atoms with Crippen LogP contribution in [0.2, 0.25) is 0 Å². The lowest BCUT2D eigenvalue weighted by atomic mass is 10.1. The van der Waals surface area contributed by atoms with E-state index in [2.05, 4.69) is 20.7 Å². The van der Waals surface area contributed by atoms with Gasteiger partial charge in [-0.05, 0) is 35.4 Å². The van der Waals surface area contributed by atoms with Gasteiger partial charge in [0.15, 0.2) is 5.82 Å². The lowest BCUT2D eigenvalue weighted by Gasteiger charge is -2.26. The zero-order valence-electron chi connectivity index (χ0n) is 17.0. The molecule has 0 saturated carbocycles. The highest BCUT2D eigenvalue weighted by Gasteiger charge is 2.16. The SMILES string of the molecule is O=C(NCc1ccc(-n2cccn2)nc1)Nc1ccc(CC(=O)N2CCSCC2)cc1. The Kier molecular flexibility index (Phi) is 6.83. The van der Waals surface area contributed by atoms with Crippen molar-refractivity contribution in [3.05, 3.63) is 72.2 Å². The van der Waals surface area contributed by atoms with Gasteiger partial charge in [0.25, 0.3) is 0 Å². The summed E-state index contributed by atoms with van der Waals surface area (Å²) < 4.78 is 1.67. The molecule has 2 aromatic heterocycles. The van der Waals surface area contributed by atoms with Crippen molar-refractivity contribution in [1.29, 1.82) is 0 Å². The zero-order valence-corrected chi connectivity index (χ0v) is 17.8. The molecule has 2 N–H and O–H groups in total. The van der Waals surface area contributed by atoms with E-state index < -0.39 is 0 Å². The minimum absolute atomic E-state index is 0.158. The Bertz CT molecular complexity index is 999. The number of benzene rings is 1. The van der Waals surface area contributed by atoms with Gasteiger partial charge in [-0.25, -0.2) is 14.5 Å². The molecule has 0 bridgehead atoms. The molecule has 4 rings (SSSR count). The van der Waals surface area contributed by atoms with Crippen molar-refractivity contribution in [1.82, 2.24) is 25.0 Å². The number of pyridine rings is 1. The molecular weight excluding hydrogens is 412 g/mol. The van der Waals surface area contributed by atoms with Gasteiger partial charge in [-0.2, -0.15) is 16.9 Å². The summed E-state index contributed by atoms with van der Waals surface area (Å²) in [5.41, 5.74) is 2.50. The maximum Gasteiger partial charge on any atom is 0.319 e. The number of nitrogens with zero attached hydrogens (tertiary/aromatic N) is 4. The first kappa shape index (κ1) is 20.9. The highest BCUT2D eigenvalue weighted by atomic mass is 32.2. The molecule has 1 aliphatic rings. The zero-order chi connectivity index (χ0) is 21.5. The molecule has 3 aromatic rings. The second-order valence-electron chi connectivity index (χ2n) is 7.15. The number of amides is 3. The van der Waals surface area contributed by atoms with Gasteiger partial charge in [0, 0.05) is 55.4 Å². The van der Waals surface area contributed by atoms with Gasteiger partial charge in [-0.3, -0.25) is 4.79 Å². The maximum absolute atomic E-state index is 12.4. The van der Waals surface area contributed by atoms with Crippen LogP contribution in [0.15, 0.2) is 61.1 Å². The van der Waals surface area contributed by atoms with E-state index in [1.54, 1.807) is 17.1 Å². The van der Waals surface area contributed by atoms with E-state index in [0.717, 1.165) is 41.5 Å². The van der Waals surface area contributed by atoms with E-state index >= 15 is 0 Å². The van der Waals surface area contributed by atoms with Crippen molar-refractivity contribution in [3.63, 3.8) is 0 Å². The molecule has 31 heavy (non-hydrogen) atoms. The maximum atomic E-state index is 12.4. The van der Waals surface area contributed by atoms with Gasteiger partial charge < -0.3 is 15.5 Å². The molecule has 0 unspecified atom stereocenters. The third-order valence-electron chi connectivity index (χ3n) is 4.93. The van der Waals surface area contributed by atoms with Gasteiger partial charge >= 0.3 is 6.03 Å². The van der Waals surface area contributed by atoms with Crippen LogP contribution in [0.4, 0.5) is 10.5 Å². The summed E-state index contributed by atoms with van der Waals surface area (Å²) in [7, 11) is 0. The first-order chi connectivity index (χ1) is 15.2. The van der Waals surface area contributed by atoms with E-state index in [1.165, 1.54) is 0 Å². The summed E-state index contributed by atoms with van der Waals surface area (Å²) in [4.78, 5) is 30.8. The highest BCUT2D eigenvalue weighted by Crippen LogP contribution is 2.14. The molecule has 1 fully saturated rings. The van der Waals surface area contributed by atoms with Crippen LogP contribution in [0.1, 0.15) is 11.1 Å². The number of thioether (sulfide) groups is 1. The fourth-order valence-corrected chi connectivity index (χ4v) is 4.13. The van der Waals surface area contributed by atoms with E-state index in [-0.39, 0.29) is 11.9 Å². The van der Waals surface area contributed by atoms with Crippen molar-refractivity contribution < 1.29 is 9.59 Å². The summed E-state index contributed by atoms with van der Waals surface area (Å²) in [5.74, 6) is 2.89. The molecule has 9 heteroatoms. The number of aromatic nitrogens is 3. The number of urea groups is 1. The molecule has 3 amide bonds. The third-order valence-corrected chi connectivity index (χ3v) is 5.87. The Morgan fingerprint density at radius 3 is 2.48 bits per heavy atom. The fourth-order valence-electron chi connectivity index (χ4n) is 3.22. The summed E-state index contributed by atoms with van der Waals surface area (Å²) in [6, 6.07) is 12.7. The summed E-state index contributed by atoms with van der Waals surface area (Å²) in [5, 5.41) is 9.76. The first-order valence-electron chi connectivity index (χ1n) is 10.1. The molecule has 0 aliphatic carbocycles. The van der Waals surface area contributed by atoms with Crippen LogP contribution >= 0.6 is 11.8 Å². The second kappa shape index (κ2) is 10.1. The van der Waals surface area contributed by atoms with Crippen molar-refractivity contribution in [2.75, 3.05) is 29.9 Å². The standard InChI is InChI=1S/C22H24N6O2S/c29-21(27-10-12-31-13-11-27)14-17-2-5-19(6-3-17)26-22(30)24-16-18-4-7-20(23-15-18)28-9-1-8-25-28/h1-9,15H,10-14,16H2,(H2,24,26,30). The van der Waals surface area contributed by atoms with Crippen LogP contribution in [0.25, 0.3) is 5.82 Å². The number of carbonyl (C=O) groups excluding carboxylic acids is 2. The molecule has 8 nitrogen and oxygen atoms in total. The number of rotatable bonds is 6. The predicted molar refractivity (Wildman–Crippen MR) is 121 cm³/mol. The Balaban J connectivity index is 1.23. The Labute approximate surface area is 185 Å². The van der Waals surface area contributed by atoms with E-state index in [4.69, 9.17) is 0 Å². The van der Waals surface area contributed by atoms with E-state index in [1.807, 2.05) is 65.3 Å². The summed E-state index contributed by atoms with van der Waals surface area (Å²) in [6.07, 6.45) is 5.62. The Morgan fingerprint density at radius 1 is 1.03 bits per heavy atom. The van der Waals surface area contributed by atoms with Crippen LogP contribution in [-0.2, 0) is 17.8 Å². The average Bonchev–Trinajstić information content (AvgIpc) is 3.35. The molecule has 0 radical (unpaired) electrons. The highest BCUT2D eigenvalue weighted by molar-refractivity contribution is 7.99. The topological polar surface area (TPSA) is 92.1 Å². The normalized spacial score (nSPS) is 13.6. The molecule has 0 atom stereocenters. The molecule has 3 heterocycles. The monoisotopic (exact) mass is 436 g/mol. The molecule has 1 aromatic carbocycles. The average molecular weight is 437 g/mol. The van der Waals surface area contributed by atoms with Crippen molar-refractivity contribution in [3.8, 4) is 5.82 Å². The van der Waals surface area contributed by atoms with Crippen molar-refractivity contribution in [2.24, 2.45) is 0 Å². The summed E-state index contributed by atoms with van der Waals surface area (Å²) in [6.45, 7) is 2.01. The van der Waals surface area contributed by atoms with Crippen LogP contribution < -0.4 is 10.6 Å². The van der Waals surface area contributed by atoms with Gasteiger partial charge in [-0.15, -0.1) is 0 Å². The first-order valence-corrected chi connectivity index (χ1v) is 11.3. The van der Waals surface area contributed by atoms with Gasteiger partial charge in [0.1, 0.15) is 0 Å². The van der Waals surface area contributed by atoms with Gasteiger partial charge in [0.05, 0.1) is 6.42 Å². The molecule has 1 aliphatic heterocycles. The number of anilines is 1. The quantitative estimate of drug-likeness (QED) is 0.620. The Hall–Kier alpha value is -3.33. The minimum atomic E-state index is -0.300.